The zero-order valence-corrected chi connectivity index (χ0v) is 11.7. The van der Waals surface area contributed by atoms with E-state index in [0.29, 0.717) is 11.1 Å². The van der Waals surface area contributed by atoms with Crippen molar-refractivity contribution in [3.63, 3.8) is 0 Å². The Kier molecular flexibility index (Phi) is 5.62. The van der Waals surface area contributed by atoms with Crippen molar-refractivity contribution < 1.29 is 9.59 Å². The van der Waals surface area contributed by atoms with Crippen LogP contribution in [0, 0.1) is 0 Å². The molecular weight excluding hydrogens is 300 g/mol. The lowest BCUT2D eigenvalue weighted by atomic mass is 10.1. The molecule has 0 radical (unpaired) electrons. The normalized spacial score (nSPS) is 9.20. The first-order valence-electron chi connectivity index (χ1n) is 5.22. The Labute approximate surface area is 125 Å². The summed E-state index contributed by atoms with van der Waals surface area (Å²) in [4.78, 5) is 23.2. The van der Waals surface area contributed by atoms with Crippen LogP contribution in [0.1, 0.15) is 20.7 Å². The number of amides is 2. The molecule has 8 N–H and O–H groups in total. The number of hydrogen-bond acceptors (Lipinski definition) is 4. The predicted octanol–water partition coefficient (Wildman–Crippen LogP) is -1.36. The van der Waals surface area contributed by atoms with Gasteiger partial charge in [0.05, 0.1) is 0 Å². The van der Waals surface area contributed by atoms with Gasteiger partial charge >= 0.3 is 0 Å². The maximum atomic E-state index is 11.6. The van der Waals surface area contributed by atoms with E-state index in [-0.39, 0.29) is 10.2 Å². The van der Waals surface area contributed by atoms with Crippen molar-refractivity contribution in [2.45, 2.75) is 0 Å². The lowest BCUT2D eigenvalue weighted by Gasteiger charge is -2.08. The molecule has 1 aromatic rings. The SMILES string of the molecule is NC(=S)NNC(=O)c1ccc(C(=O)NNC(N)=S)cc1. The van der Waals surface area contributed by atoms with Gasteiger partial charge in [0.25, 0.3) is 11.8 Å². The third-order valence-electron chi connectivity index (χ3n) is 2.01. The van der Waals surface area contributed by atoms with E-state index in [0.717, 1.165) is 0 Å². The molecule has 0 saturated carbocycles. The van der Waals surface area contributed by atoms with Crippen LogP contribution in [0.15, 0.2) is 24.3 Å². The van der Waals surface area contributed by atoms with Gasteiger partial charge in [0, 0.05) is 11.1 Å². The number of nitrogens with two attached hydrogens (primary N) is 2. The summed E-state index contributed by atoms with van der Waals surface area (Å²) in [6, 6.07) is 5.86. The highest BCUT2D eigenvalue weighted by Crippen LogP contribution is 2.04. The van der Waals surface area contributed by atoms with Crippen LogP contribution in [0.2, 0.25) is 0 Å². The van der Waals surface area contributed by atoms with E-state index in [1.54, 1.807) is 0 Å². The minimum Gasteiger partial charge on any atom is -0.375 e. The second-order valence-corrected chi connectivity index (χ2v) is 4.34. The summed E-state index contributed by atoms with van der Waals surface area (Å²) in [5.41, 5.74) is 20.2. The first-order chi connectivity index (χ1) is 9.40. The number of carbonyl (C=O) groups excluding carboxylic acids is 2. The lowest BCUT2D eigenvalue weighted by Crippen LogP contribution is -2.44. The Morgan fingerprint density at radius 3 is 1.30 bits per heavy atom. The van der Waals surface area contributed by atoms with Crippen molar-refractivity contribution in [3.8, 4) is 0 Å². The third kappa shape index (κ3) is 5.04. The van der Waals surface area contributed by atoms with Gasteiger partial charge in [-0.2, -0.15) is 0 Å². The van der Waals surface area contributed by atoms with Gasteiger partial charge in [0.15, 0.2) is 10.2 Å². The molecule has 0 saturated heterocycles. The lowest BCUT2D eigenvalue weighted by molar-refractivity contribution is 0.0932. The number of benzene rings is 1. The monoisotopic (exact) mass is 312 g/mol. The molecule has 20 heavy (non-hydrogen) atoms. The molecule has 0 spiro atoms. The van der Waals surface area contributed by atoms with Crippen LogP contribution in [-0.4, -0.2) is 22.0 Å². The van der Waals surface area contributed by atoms with Crippen molar-refractivity contribution >= 4 is 46.5 Å². The Morgan fingerprint density at radius 2 is 1.05 bits per heavy atom. The molecule has 106 valence electrons. The van der Waals surface area contributed by atoms with Crippen LogP contribution in [0.5, 0.6) is 0 Å². The smallest absolute Gasteiger partial charge is 0.269 e. The van der Waals surface area contributed by atoms with Crippen molar-refractivity contribution in [3.05, 3.63) is 35.4 Å². The van der Waals surface area contributed by atoms with Crippen LogP contribution in [-0.2, 0) is 0 Å². The number of thiocarbonyl (C=S) groups is 2. The van der Waals surface area contributed by atoms with Crippen LogP contribution < -0.4 is 33.2 Å². The van der Waals surface area contributed by atoms with E-state index in [4.69, 9.17) is 11.5 Å². The average molecular weight is 312 g/mol. The molecule has 0 fully saturated rings. The molecule has 10 heteroatoms. The quantitative estimate of drug-likeness (QED) is 0.291. The molecule has 0 unspecified atom stereocenters. The van der Waals surface area contributed by atoms with Gasteiger partial charge in [0.2, 0.25) is 0 Å². The summed E-state index contributed by atoms with van der Waals surface area (Å²) >= 11 is 9.08. The average Bonchev–Trinajstić information content (AvgIpc) is 2.42. The Bertz CT molecular complexity index is 496. The summed E-state index contributed by atoms with van der Waals surface area (Å²) in [6.07, 6.45) is 0. The summed E-state index contributed by atoms with van der Waals surface area (Å²) in [5, 5.41) is -0.114. The molecule has 0 bridgehead atoms. The number of nitrogens with one attached hydrogen (secondary N) is 4. The fourth-order valence-electron chi connectivity index (χ4n) is 1.15. The predicted molar refractivity (Wildman–Crippen MR) is 81.2 cm³/mol. The maximum absolute atomic E-state index is 11.6. The number of rotatable bonds is 2. The molecule has 0 heterocycles. The fourth-order valence-corrected chi connectivity index (χ4v) is 1.26. The number of hydrogen-bond donors (Lipinski definition) is 6. The molecule has 0 atom stereocenters. The van der Waals surface area contributed by atoms with Crippen molar-refractivity contribution in [1.29, 1.82) is 0 Å². The van der Waals surface area contributed by atoms with Gasteiger partial charge in [0.1, 0.15) is 0 Å². The summed E-state index contributed by atoms with van der Waals surface area (Å²) in [5.74, 6) is -0.878. The Morgan fingerprint density at radius 1 is 0.750 bits per heavy atom. The van der Waals surface area contributed by atoms with E-state index in [1.807, 2.05) is 0 Å². The van der Waals surface area contributed by atoms with Crippen LogP contribution >= 0.6 is 24.4 Å². The molecular formula is C10H12N6O2S2. The van der Waals surface area contributed by atoms with Gasteiger partial charge in [-0.25, -0.2) is 0 Å². The minimum atomic E-state index is -0.439. The highest BCUT2D eigenvalue weighted by molar-refractivity contribution is 7.80. The summed E-state index contributed by atoms with van der Waals surface area (Å²) < 4.78 is 0. The molecule has 1 rings (SSSR count). The standard InChI is InChI=1S/C10H12N6O2S2/c11-9(19)15-13-7(17)5-1-2-6(4-3-5)8(18)14-16-10(12)20/h1-4H,(H,13,17)(H,14,18)(H3,11,15,19)(H3,12,16,20). The van der Waals surface area contributed by atoms with Gasteiger partial charge in [-0.05, 0) is 48.7 Å². The van der Waals surface area contributed by atoms with Crippen molar-refractivity contribution in [2.75, 3.05) is 0 Å². The Hall–Kier alpha value is -2.46. The zero-order chi connectivity index (χ0) is 15.1. The van der Waals surface area contributed by atoms with Crippen LogP contribution in [0.3, 0.4) is 0 Å². The van der Waals surface area contributed by atoms with Gasteiger partial charge in [-0.3, -0.25) is 31.3 Å². The zero-order valence-electron chi connectivity index (χ0n) is 10.1. The van der Waals surface area contributed by atoms with E-state index in [2.05, 4.69) is 46.1 Å². The van der Waals surface area contributed by atoms with E-state index in [9.17, 15) is 9.59 Å². The molecule has 2 amide bonds. The number of hydrazine groups is 2. The van der Waals surface area contributed by atoms with Crippen molar-refractivity contribution in [1.82, 2.24) is 21.7 Å². The topological polar surface area (TPSA) is 134 Å². The highest BCUT2D eigenvalue weighted by Gasteiger charge is 2.08. The van der Waals surface area contributed by atoms with Gasteiger partial charge in [-0.15, -0.1) is 0 Å². The highest BCUT2D eigenvalue weighted by atomic mass is 32.1. The van der Waals surface area contributed by atoms with Gasteiger partial charge < -0.3 is 11.5 Å². The summed E-state index contributed by atoms with van der Waals surface area (Å²) in [7, 11) is 0. The largest absolute Gasteiger partial charge is 0.375 e. The molecule has 8 nitrogen and oxygen atoms in total. The first kappa shape index (κ1) is 15.6. The molecule has 0 aliphatic heterocycles. The first-order valence-corrected chi connectivity index (χ1v) is 6.03. The maximum Gasteiger partial charge on any atom is 0.269 e. The molecule has 1 aromatic carbocycles. The minimum absolute atomic E-state index is 0.0572. The Balaban J connectivity index is 2.63. The van der Waals surface area contributed by atoms with Crippen LogP contribution in [0.4, 0.5) is 0 Å². The van der Waals surface area contributed by atoms with E-state index >= 15 is 0 Å². The van der Waals surface area contributed by atoms with Crippen molar-refractivity contribution in [2.24, 2.45) is 11.5 Å². The van der Waals surface area contributed by atoms with Crippen LogP contribution in [0.25, 0.3) is 0 Å². The molecule has 0 aliphatic carbocycles. The number of carbonyl (C=O) groups is 2. The molecule has 0 aromatic heterocycles. The molecule has 0 aliphatic rings. The second kappa shape index (κ2) is 7.21. The third-order valence-corrected chi connectivity index (χ3v) is 2.21. The second-order valence-electron chi connectivity index (χ2n) is 3.46. The van der Waals surface area contributed by atoms with E-state index in [1.165, 1.54) is 24.3 Å². The summed E-state index contributed by atoms with van der Waals surface area (Å²) in [6.45, 7) is 0. The van der Waals surface area contributed by atoms with Gasteiger partial charge in [-0.1, -0.05) is 0 Å². The van der Waals surface area contributed by atoms with E-state index < -0.39 is 11.8 Å². The fraction of sp³-hybridized carbons (Fsp3) is 0.